The van der Waals surface area contributed by atoms with Gasteiger partial charge in [0.2, 0.25) is 0 Å². The molecule has 0 aliphatic carbocycles. The van der Waals surface area contributed by atoms with E-state index in [1.165, 1.54) is 19.2 Å². The van der Waals surface area contributed by atoms with E-state index in [1.807, 2.05) is 0 Å². The van der Waals surface area contributed by atoms with Crippen molar-refractivity contribution in [3.8, 4) is 5.75 Å². The zero-order valence-electron chi connectivity index (χ0n) is 10.9. The van der Waals surface area contributed by atoms with Crippen LogP contribution in [0.5, 0.6) is 5.75 Å². The smallest absolute Gasteiger partial charge is 0.417 e. The molecule has 1 aromatic heterocycles. The van der Waals surface area contributed by atoms with Crippen LogP contribution in [0.2, 0.25) is 0 Å². The van der Waals surface area contributed by atoms with Crippen LogP contribution in [0.25, 0.3) is 0 Å². The van der Waals surface area contributed by atoms with E-state index in [1.54, 1.807) is 12.1 Å². The molecule has 0 aliphatic rings. The molecule has 21 heavy (non-hydrogen) atoms. The minimum Gasteiger partial charge on any atom is -0.497 e. The Balaban J connectivity index is 2.08. The van der Waals surface area contributed by atoms with Crippen molar-refractivity contribution in [2.45, 2.75) is 6.18 Å². The standard InChI is InChI=1S/C14H11F3N2O2/c1-21-11-5-2-9(3-6-11)13(20)19-12-7-4-10(8-18-12)14(15,16)17/h2-8H,1H3,(H,18,19,20). The summed E-state index contributed by atoms with van der Waals surface area (Å²) in [6, 6.07) is 8.25. The second kappa shape index (κ2) is 5.82. The van der Waals surface area contributed by atoms with E-state index in [4.69, 9.17) is 4.74 Å². The molecular weight excluding hydrogens is 285 g/mol. The zero-order chi connectivity index (χ0) is 15.5. The Bertz CT molecular complexity index is 622. The molecule has 0 fully saturated rings. The average Bonchev–Trinajstić information content (AvgIpc) is 2.47. The van der Waals surface area contributed by atoms with Crippen molar-refractivity contribution < 1.29 is 22.7 Å². The van der Waals surface area contributed by atoms with Gasteiger partial charge in [0.15, 0.2) is 0 Å². The van der Waals surface area contributed by atoms with Crippen LogP contribution in [0.15, 0.2) is 42.6 Å². The van der Waals surface area contributed by atoms with Gasteiger partial charge in [0.05, 0.1) is 12.7 Å². The summed E-state index contributed by atoms with van der Waals surface area (Å²) in [6.07, 6.45) is -3.78. The van der Waals surface area contributed by atoms with Crippen LogP contribution in [0.1, 0.15) is 15.9 Å². The molecule has 110 valence electrons. The summed E-state index contributed by atoms with van der Waals surface area (Å²) >= 11 is 0. The van der Waals surface area contributed by atoms with Crippen molar-refractivity contribution in [3.63, 3.8) is 0 Å². The Morgan fingerprint density at radius 2 is 1.81 bits per heavy atom. The van der Waals surface area contributed by atoms with E-state index in [2.05, 4.69) is 10.3 Å². The summed E-state index contributed by atoms with van der Waals surface area (Å²) in [5.41, 5.74) is -0.526. The number of carbonyl (C=O) groups excluding carboxylic acids is 1. The molecule has 2 rings (SSSR count). The Kier molecular flexibility index (Phi) is 4.11. The minimum absolute atomic E-state index is 0.0452. The van der Waals surface area contributed by atoms with Gasteiger partial charge in [-0.05, 0) is 36.4 Å². The highest BCUT2D eigenvalue weighted by atomic mass is 19.4. The first-order valence-corrected chi connectivity index (χ1v) is 5.89. The van der Waals surface area contributed by atoms with E-state index in [0.717, 1.165) is 12.1 Å². The van der Waals surface area contributed by atoms with Gasteiger partial charge in [-0.3, -0.25) is 4.79 Å². The summed E-state index contributed by atoms with van der Waals surface area (Å²) < 4.78 is 42.1. The van der Waals surface area contributed by atoms with Gasteiger partial charge >= 0.3 is 6.18 Å². The largest absolute Gasteiger partial charge is 0.497 e. The number of ether oxygens (including phenoxy) is 1. The fourth-order valence-electron chi connectivity index (χ4n) is 1.57. The number of alkyl halides is 3. The zero-order valence-corrected chi connectivity index (χ0v) is 10.9. The molecule has 4 nitrogen and oxygen atoms in total. The van der Waals surface area contributed by atoms with Crippen LogP contribution in [-0.4, -0.2) is 18.0 Å². The summed E-state index contributed by atoms with van der Waals surface area (Å²) in [4.78, 5) is 15.4. The predicted octanol–water partition coefficient (Wildman–Crippen LogP) is 3.36. The van der Waals surface area contributed by atoms with Crippen molar-refractivity contribution in [3.05, 3.63) is 53.7 Å². The van der Waals surface area contributed by atoms with Gasteiger partial charge < -0.3 is 10.1 Å². The highest BCUT2D eigenvalue weighted by Crippen LogP contribution is 2.28. The van der Waals surface area contributed by atoms with Crippen LogP contribution in [0, 0.1) is 0 Å². The van der Waals surface area contributed by atoms with Gasteiger partial charge in [-0.2, -0.15) is 13.2 Å². The molecule has 0 spiro atoms. The molecule has 0 atom stereocenters. The fourth-order valence-corrected chi connectivity index (χ4v) is 1.57. The van der Waals surface area contributed by atoms with Crippen LogP contribution in [-0.2, 0) is 6.18 Å². The predicted molar refractivity (Wildman–Crippen MR) is 70.2 cm³/mol. The number of amides is 1. The molecule has 1 aromatic carbocycles. The van der Waals surface area contributed by atoms with Crippen molar-refractivity contribution in [1.82, 2.24) is 4.98 Å². The van der Waals surface area contributed by atoms with E-state index >= 15 is 0 Å². The first kappa shape index (κ1) is 14.8. The fraction of sp³-hybridized carbons (Fsp3) is 0.143. The number of aromatic nitrogens is 1. The highest BCUT2D eigenvalue weighted by Gasteiger charge is 2.30. The van der Waals surface area contributed by atoms with Gasteiger partial charge in [0.25, 0.3) is 5.91 Å². The summed E-state index contributed by atoms with van der Waals surface area (Å²) in [6.45, 7) is 0. The number of anilines is 1. The second-order valence-electron chi connectivity index (χ2n) is 4.11. The van der Waals surface area contributed by atoms with Crippen LogP contribution in [0.3, 0.4) is 0 Å². The summed E-state index contributed by atoms with van der Waals surface area (Å²) in [7, 11) is 1.50. The van der Waals surface area contributed by atoms with Crippen LogP contribution >= 0.6 is 0 Å². The molecule has 1 N–H and O–H groups in total. The average molecular weight is 296 g/mol. The Morgan fingerprint density at radius 1 is 1.14 bits per heavy atom. The van der Waals surface area contributed by atoms with E-state index in [-0.39, 0.29) is 5.82 Å². The Labute approximate surface area is 118 Å². The Morgan fingerprint density at radius 3 is 2.29 bits per heavy atom. The molecule has 1 heterocycles. The van der Waals surface area contributed by atoms with Crippen LogP contribution < -0.4 is 10.1 Å². The number of carbonyl (C=O) groups is 1. The lowest BCUT2D eigenvalue weighted by Gasteiger charge is -2.08. The molecule has 2 aromatic rings. The number of nitrogens with zero attached hydrogens (tertiary/aromatic N) is 1. The maximum absolute atomic E-state index is 12.4. The van der Waals surface area contributed by atoms with Gasteiger partial charge in [0.1, 0.15) is 11.6 Å². The molecular formula is C14H11F3N2O2. The molecule has 0 aliphatic heterocycles. The summed E-state index contributed by atoms with van der Waals surface area (Å²) in [5.74, 6) is 0.174. The van der Waals surface area contributed by atoms with Gasteiger partial charge in [-0.1, -0.05) is 0 Å². The molecule has 0 saturated heterocycles. The lowest BCUT2D eigenvalue weighted by atomic mass is 10.2. The topological polar surface area (TPSA) is 51.2 Å². The van der Waals surface area contributed by atoms with Crippen molar-refractivity contribution in [2.24, 2.45) is 0 Å². The van der Waals surface area contributed by atoms with Crippen molar-refractivity contribution >= 4 is 11.7 Å². The number of hydrogen-bond acceptors (Lipinski definition) is 3. The first-order chi connectivity index (χ1) is 9.90. The lowest BCUT2D eigenvalue weighted by molar-refractivity contribution is -0.137. The first-order valence-electron chi connectivity index (χ1n) is 5.89. The van der Waals surface area contributed by atoms with Crippen LogP contribution in [0.4, 0.5) is 19.0 Å². The monoisotopic (exact) mass is 296 g/mol. The van der Waals surface area contributed by atoms with Crippen molar-refractivity contribution in [1.29, 1.82) is 0 Å². The maximum Gasteiger partial charge on any atom is 0.417 e. The number of hydrogen-bond donors (Lipinski definition) is 1. The quantitative estimate of drug-likeness (QED) is 0.945. The molecule has 0 bridgehead atoms. The molecule has 0 unspecified atom stereocenters. The van der Waals surface area contributed by atoms with Gasteiger partial charge in [-0.15, -0.1) is 0 Å². The summed E-state index contributed by atoms with van der Waals surface area (Å²) in [5, 5.41) is 2.42. The molecule has 7 heteroatoms. The number of methoxy groups -OCH3 is 1. The highest BCUT2D eigenvalue weighted by molar-refractivity contribution is 6.03. The normalized spacial score (nSPS) is 11.0. The molecule has 0 saturated carbocycles. The van der Waals surface area contributed by atoms with E-state index in [0.29, 0.717) is 17.5 Å². The second-order valence-corrected chi connectivity index (χ2v) is 4.11. The third kappa shape index (κ3) is 3.71. The molecule has 0 radical (unpaired) electrons. The van der Waals surface area contributed by atoms with E-state index in [9.17, 15) is 18.0 Å². The number of pyridine rings is 1. The minimum atomic E-state index is -4.45. The van der Waals surface area contributed by atoms with Gasteiger partial charge in [-0.25, -0.2) is 4.98 Å². The number of benzene rings is 1. The van der Waals surface area contributed by atoms with E-state index < -0.39 is 17.6 Å². The number of rotatable bonds is 3. The SMILES string of the molecule is COc1ccc(C(=O)Nc2ccc(C(F)(F)F)cn2)cc1. The number of halogens is 3. The Hall–Kier alpha value is -2.57. The third-order valence-corrected chi connectivity index (χ3v) is 2.68. The molecule has 1 amide bonds. The number of nitrogens with one attached hydrogen (secondary N) is 1. The third-order valence-electron chi connectivity index (χ3n) is 2.68. The van der Waals surface area contributed by atoms with Crippen molar-refractivity contribution in [2.75, 3.05) is 12.4 Å². The lowest BCUT2D eigenvalue weighted by Crippen LogP contribution is -2.13. The maximum atomic E-state index is 12.4. The van der Waals surface area contributed by atoms with Gasteiger partial charge in [0, 0.05) is 11.8 Å².